The molecule has 0 atom stereocenters. The molecule has 0 saturated carbocycles. The van der Waals surface area contributed by atoms with E-state index in [1.54, 1.807) is 6.07 Å². The Bertz CT molecular complexity index is 484. The van der Waals surface area contributed by atoms with Crippen LogP contribution in [0.5, 0.6) is 11.5 Å². The highest BCUT2D eigenvalue weighted by Gasteiger charge is 2.14. The molecule has 0 unspecified atom stereocenters. The van der Waals surface area contributed by atoms with Crippen LogP contribution < -0.4 is 15.4 Å². The van der Waals surface area contributed by atoms with Crippen LogP contribution in [-0.4, -0.2) is 30.2 Å². The van der Waals surface area contributed by atoms with E-state index < -0.39 is 0 Å². The lowest BCUT2D eigenvalue weighted by Crippen LogP contribution is -2.44. The van der Waals surface area contributed by atoms with Crippen molar-refractivity contribution in [3.05, 3.63) is 22.7 Å². The van der Waals surface area contributed by atoms with E-state index in [0.717, 1.165) is 0 Å². The Morgan fingerprint density at radius 2 is 2.05 bits per heavy atom. The maximum atomic E-state index is 11.6. The molecule has 0 aromatic heterocycles. The summed E-state index contributed by atoms with van der Waals surface area (Å²) in [6.45, 7) is 6.22. The number of halogens is 1. The zero-order valence-electron chi connectivity index (χ0n) is 12.2. The average molecular weight is 301 g/mol. The molecule has 20 heavy (non-hydrogen) atoms. The van der Waals surface area contributed by atoms with Gasteiger partial charge in [0.15, 0.2) is 11.5 Å². The number of ether oxygens (including phenoxy) is 1. The van der Waals surface area contributed by atoms with Gasteiger partial charge in [0.1, 0.15) is 0 Å². The fourth-order valence-electron chi connectivity index (χ4n) is 1.69. The van der Waals surface area contributed by atoms with E-state index in [0.29, 0.717) is 22.9 Å². The molecule has 0 spiro atoms. The van der Waals surface area contributed by atoms with E-state index in [-0.39, 0.29) is 23.7 Å². The largest absolute Gasteiger partial charge is 0.504 e. The van der Waals surface area contributed by atoms with Gasteiger partial charge in [-0.3, -0.25) is 4.79 Å². The first-order chi connectivity index (χ1) is 9.23. The average Bonchev–Trinajstić information content (AvgIpc) is 2.30. The van der Waals surface area contributed by atoms with Gasteiger partial charge in [-0.25, -0.2) is 0 Å². The van der Waals surface area contributed by atoms with Gasteiger partial charge in [0.25, 0.3) is 0 Å². The number of hydrogen-bond donors (Lipinski definition) is 3. The van der Waals surface area contributed by atoms with Gasteiger partial charge < -0.3 is 20.5 Å². The second-order valence-corrected chi connectivity index (χ2v) is 5.95. The SMILES string of the molecule is COc1cc(Cl)cc(CNCC(=O)NC(C)(C)C)c1O. The molecule has 0 saturated heterocycles. The summed E-state index contributed by atoms with van der Waals surface area (Å²) in [5.74, 6) is 0.236. The number of amides is 1. The highest BCUT2D eigenvalue weighted by atomic mass is 35.5. The van der Waals surface area contributed by atoms with E-state index in [4.69, 9.17) is 16.3 Å². The van der Waals surface area contributed by atoms with Gasteiger partial charge in [-0.1, -0.05) is 11.6 Å². The smallest absolute Gasteiger partial charge is 0.234 e. The van der Waals surface area contributed by atoms with E-state index in [1.807, 2.05) is 20.8 Å². The van der Waals surface area contributed by atoms with E-state index in [2.05, 4.69) is 10.6 Å². The molecule has 1 rings (SSSR count). The topological polar surface area (TPSA) is 70.6 Å². The zero-order valence-corrected chi connectivity index (χ0v) is 13.0. The molecule has 0 bridgehead atoms. The Morgan fingerprint density at radius 1 is 1.40 bits per heavy atom. The lowest BCUT2D eigenvalue weighted by atomic mass is 10.1. The molecule has 1 amide bonds. The molecule has 0 fully saturated rings. The van der Waals surface area contributed by atoms with Gasteiger partial charge >= 0.3 is 0 Å². The van der Waals surface area contributed by atoms with Gasteiger partial charge in [-0.15, -0.1) is 0 Å². The molecule has 0 radical (unpaired) electrons. The zero-order chi connectivity index (χ0) is 15.3. The van der Waals surface area contributed by atoms with Crippen molar-refractivity contribution in [3.63, 3.8) is 0 Å². The van der Waals surface area contributed by atoms with Crippen LogP contribution in [0.3, 0.4) is 0 Å². The standard InChI is InChI=1S/C14H21ClN2O3/c1-14(2,3)17-12(18)8-16-7-9-5-10(15)6-11(20-4)13(9)19/h5-6,16,19H,7-8H2,1-4H3,(H,17,18). The van der Waals surface area contributed by atoms with Gasteiger partial charge in [-0.2, -0.15) is 0 Å². The minimum Gasteiger partial charge on any atom is -0.504 e. The second-order valence-electron chi connectivity index (χ2n) is 5.52. The highest BCUT2D eigenvalue weighted by Crippen LogP contribution is 2.33. The molecule has 0 aliphatic heterocycles. The number of carbonyl (C=O) groups excluding carboxylic acids is 1. The fraction of sp³-hybridized carbons (Fsp3) is 0.500. The minimum absolute atomic E-state index is 0.0284. The lowest BCUT2D eigenvalue weighted by molar-refractivity contribution is -0.121. The Labute approximate surface area is 124 Å². The summed E-state index contributed by atoms with van der Waals surface area (Å²) >= 11 is 5.93. The Balaban J connectivity index is 2.58. The normalized spacial score (nSPS) is 11.2. The number of phenols is 1. The van der Waals surface area contributed by atoms with Gasteiger partial charge in [0, 0.05) is 28.7 Å². The minimum atomic E-state index is -0.264. The monoisotopic (exact) mass is 300 g/mol. The molecular formula is C14H21ClN2O3. The molecule has 5 nitrogen and oxygen atoms in total. The summed E-state index contributed by atoms with van der Waals surface area (Å²) in [4.78, 5) is 11.6. The van der Waals surface area contributed by atoms with Crippen LogP contribution in [-0.2, 0) is 11.3 Å². The summed E-state index contributed by atoms with van der Waals surface area (Å²) in [6, 6.07) is 3.17. The number of hydrogen-bond acceptors (Lipinski definition) is 4. The van der Waals surface area contributed by atoms with Crippen LogP contribution in [0.4, 0.5) is 0 Å². The van der Waals surface area contributed by atoms with Crippen molar-refractivity contribution in [2.75, 3.05) is 13.7 Å². The van der Waals surface area contributed by atoms with Crippen LogP contribution in [0.1, 0.15) is 26.3 Å². The molecule has 0 aliphatic carbocycles. The van der Waals surface area contributed by atoms with Crippen molar-refractivity contribution in [1.29, 1.82) is 0 Å². The van der Waals surface area contributed by atoms with Crippen LogP contribution in [0.25, 0.3) is 0 Å². The Hall–Kier alpha value is -1.46. The van der Waals surface area contributed by atoms with E-state index in [1.165, 1.54) is 13.2 Å². The van der Waals surface area contributed by atoms with Crippen molar-refractivity contribution in [2.24, 2.45) is 0 Å². The fourth-order valence-corrected chi connectivity index (χ4v) is 1.92. The molecular weight excluding hydrogens is 280 g/mol. The predicted molar refractivity (Wildman–Crippen MR) is 79.3 cm³/mol. The number of benzene rings is 1. The number of rotatable bonds is 5. The van der Waals surface area contributed by atoms with Crippen LogP contribution in [0.2, 0.25) is 5.02 Å². The van der Waals surface area contributed by atoms with Crippen LogP contribution >= 0.6 is 11.6 Å². The molecule has 1 aromatic rings. The highest BCUT2D eigenvalue weighted by molar-refractivity contribution is 6.30. The van der Waals surface area contributed by atoms with Gasteiger partial charge in [-0.05, 0) is 26.8 Å². The van der Waals surface area contributed by atoms with Gasteiger partial charge in [0.2, 0.25) is 5.91 Å². The summed E-state index contributed by atoms with van der Waals surface area (Å²) < 4.78 is 5.02. The first-order valence-electron chi connectivity index (χ1n) is 6.30. The molecule has 6 heteroatoms. The number of methoxy groups -OCH3 is 1. The van der Waals surface area contributed by atoms with Crippen molar-refractivity contribution in [3.8, 4) is 11.5 Å². The number of phenolic OH excluding ortho intramolecular Hbond substituents is 1. The summed E-state index contributed by atoms with van der Waals surface area (Å²) in [5.41, 5.74) is 0.318. The van der Waals surface area contributed by atoms with E-state index >= 15 is 0 Å². The number of aromatic hydroxyl groups is 1. The van der Waals surface area contributed by atoms with Crippen molar-refractivity contribution >= 4 is 17.5 Å². The maximum Gasteiger partial charge on any atom is 0.234 e. The predicted octanol–water partition coefficient (Wildman–Crippen LogP) is 2.06. The molecule has 0 heterocycles. The third-order valence-electron chi connectivity index (χ3n) is 2.45. The Kier molecular flexibility index (Phi) is 5.65. The van der Waals surface area contributed by atoms with Crippen LogP contribution in [0.15, 0.2) is 12.1 Å². The third kappa shape index (κ3) is 5.27. The molecule has 0 aliphatic rings. The molecule has 3 N–H and O–H groups in total. The first kappa shape index (κ1) is 16.6. The van der Waals surface area contributed by atoms with Crippen molar-refractivity contribution in [1.82, 2.24) is 10.6 Å². The molecule has 1 aromatic carbocycles. The van der Waals surface area contributed by atoms with Gasteiger partial charge in [0.05, 0.1) is 13.7 Å². The maximum absolute atomic E-state index is 11.6. The van der Waals surface area contributed by atoms with Crippen molar-refractivity contribution in [2.45, 2.75) is 32.9 Å². The Morgan fingerprint density at radius 3 is 2.60 bits per heavy atom. The molecule has 112 valence electrons. The lowest BCUT2D eigenvalue weighted by Gasteiger charge is -2.20. The number of carbonyl (C=O) groups is 1. The number of nitrogens with one attached hydrogen (secondary N) is 2. The third-order valence-corrected chi connectivity index (χ3v) is 2.67. The summed E-state index contributed by atoms with van der Waals surface area (Å²) in [5, 5.41) is 16.2. The van der Waals surface area contributed by atoms with E-state index in [9.17, 15) is 9.90 Å². The van der Waals surface area contributed by atoms with Crippen molar-refractivity contribution < 1.29 is 14.6 Å². The summed E-state index contributed by atoms with van der Waals surface area (Å²) in [6.07, 6.45) is 0. The quantitative estimate of drug-likeness (QED) is 0.778. The van der Waals surface area contributed by atoms with Crippen LogP contribution in [0, 0.1) is 0 Å². The summed E-state index contributed by atoms with van der Waals surface area (Å²) in [7, 11) is 1.46. The second kappa shape index (κ2) is 6.81. The first-order valence-corrected chi connectivity index (χ1v) is 6.68.